The van der Waals surface area contributed by atoms with Crippen LogP contribution in [0.1, 0.15) is 11.1 Å². The molecule has 2 heteroatoms. The van der Waals surface area contributed by atoms with Gasteiger partial charge in [0.05, 0.1) is 0 Å². The van der Waals surface area contributed by atoms with Gasteiger partial charge in [-0.3, -0.25) is 0 Å². The molecule has 0 aromatic heterocycles. The van der Waals surface area contributed by atoms with Crippen molar-refractivity contribution >= 4 is 17.8 Å². The molecule has 84 valence electrons. The topological polar surface area (TPSA) is 3.24 Å². The Morgan fingerprint density at radius 1 is 0.824 bits per heavy atom. The fourth-order valence-electron chi connectivity index (χ4n) is 2.85. The van der Waals surface area contributed by atoms with E-state index in [4.69, 9.17) is 0 Å². The first-order valence-electron chi connectivity index (χ1n) is 6.09. The first kappa shape index (κ1) is 10.6. The highest BCUT2D eigenvalue weighted by molar-refractivity contribution is 6.84. The maximum atomic E-state index is 2.30. The van der Waals surface area contributed by atoms with Crippen molar-refractivity contribution in [2.75, 3.05) is 14.1 Å². The van der Waals surface area contributed by atoms with Gasteiger partial charge < -0.3 is 4.81 Å². The molecule has 0 atom stereocenters. The van der Waals surface area contributed by atoms with Gasteiger partial charge in [-0.25, -0.2) is 0 Å². The highest BCUT2D eigenvalue weighted by atomic mass is 15.0. The van der Waals surface area contributed by atoms with E-state index >= 15 is 0 Å². The summed E-state index contributed by atoms with van der Waals surface area (Å²) >= 11 is 0. The second-order valence-corrected chi connectivity index (χ2v) is 4.94. The van der Waals surface area contributed by atoms with E-state index in [9.17, 15) is 0 Å². The molecule has 0 radical (unpaired) electrons. The Morgan fingerprint density at radius 3 is 1.76 bits per heavy atom. The lowest BCUT2D eigenvalue weighted by molar-refractivity contribution is 0.656. The summed E-state index contributed by atoms with van der Waals surface area (Å²) < 4.78 is 0. The van der Waals surface area contributed by atoms with Crippen molar-refractivity contribution in [1.82, 2.24) is 4.81 Å². The highest BCUT2D eigenvalue weighted by Crippen LogP contribution is 2.14. The van der Waals surface area contributed by atoms with Crippen molar-refractivity contribution < 1.29 is 0 Å². The zero-order chi connectivity index (χ0) is 11.8. The summed E-state index contributed by atoms with van der Waals surface area (Å²) in [6.07, 6.45) is 1.07. The summed E-state index contributed by atoms with van der Waals surface area (Å²) in [6.45, 7) is 0.399. The van der Waals surface area contributed by atoms with Crippen LogP contribution in [0.5, 0.6) is 0 Å². The third kappa shape index (κ3) is 1.69. The van der Waals surface area contributed by atoms with Gasteiger partial charge in [-0.15, -0.1) is 0 Å². The molecule has 0 spiro atoms. The zero-order valence-electron chi connectivity index (χ0n) is 10.4. The lowest BCUT2D eigenvalue weighted by Gasteiger charge is -2.30. The van der Waals surface area contributed by atoms with E-state index in [1.807, 2.05) is 0 Å². The van der Waals surface area contributed by atoms with Gasteiger partial charge in [0.1, 0.15) is 0 Å². The number of nitrogens with zero attached hydrogens (tertiary/aromatic N) is 1. The number of benzene rings is 2. The standard InChI is InChI=1S/C15H16BN/c1-17(2)16-14-9-5-3-7-12(14)11-13-8-4-6-10-15(13)16/h3-10H,11H2,1-2H3. The Morgan fingerprint density at radius 2 is 1.29 bits per heavy atom. The molecule has 1 aliphatic rings. The first-order chi connectivity index (χ1) is 8.27. The smallest absolute Gasteiger partial charge is 0.292 e. The second-order valence-electron chi connectivity index (χ2n) is 4.94. The fraction of sp³-hybridized carbons (Fsp3) is 0.200. The van der Waals surface area contributed by atoms with Crippen molar-refractivity contribution in [3.05, 3.63) is 59.7 Å². The molecule has 1 nitrogen and oxygen atoms in total. The molecule has 0 N–H and O–H groups in total. The Kier molecular flexibility index (Phi) is 2.52. The molecule has 0 saturated carbocycles. The molecule has 2 aromatic carbocycles. The van der Waals surface area contributed by atoms with Crippen LogP contribution in [0.2, 0.25) is 0 Å². The van der Waals surface area contributed by atoms with E-state index < -0.39 is 0 Å². The van der Waals surface area contributed by atoms with Crippen LogP contribution in [0.15, 0.2) is 48.5 Å². The highest BCUT2D eigenvalue weighted by Gasteiger charge is 2.30. The van der Waals surface area contributed by atoms with Crippen LogP contribution < -0.4 is 10.9 Å². The molecule has 0 amide bonds. The van der Waals surface area contributed by atoms with Gasteiger partial charge in [0.25, 0.3) is 6.85 Å². The molecule has 1 heterocycles. The minimum atomic E-state index is 0.399. The molecule has 2 aromatic rings. The van der Waals surface area contributed by atoms with Crippen LogP contribution in [-0.2, 0) is 6.42 Å². The van der Waals surface area contributed by atoms with Crippen LogP contribution in [0.4, 0.5) is 0 Å². The average molecular weight is 221 g/mol. The van der Waals surface area contributed by atoms with Crippen molar-refractivity contribution in [3.8, 4) is 0 Å². The maximum absolute atomic E-state index is 2.30. The van der Waals surface area contributed by atoms with E-state index in [0.717, 1.165) is 6.42 Å². The molecule has 0 fully saturated rings. The average Bonchev–Trinajstić information content (AvgIpc) is 2.35. The van der Waals surface area contributed by atoms with Gasteiger partial charge in [-0.1, -0.05) is 59.5 Å². The molecule has 0 bridgehead atoms. The normalized spacial score (nSPS) is 13.5. The van der Waals surface area contributed by atoms with Gasteiger partial charge in [0.2, 0.25) is 0 Å². The largest absolute Gasteiger partial charge is 0.340 e. The Bertz CT molecular complexity index is 503. The van der Waals surface area contributed by atoms with Gasteiger partial charge in [0, 0.05) is 0 Å². The lowest BCUT2D eigenvalue weighted by atomic mass is 9.45. The van der Waals surface area contributed by atoms with Crippen LogP contribution >= 0.6 is 0 Å². The molecule has 0 aliphatic carbocycles. The minimum absolute atomic E-state index is 0.399. The summed E-state index contributed by atoms with van der Waals surface area (Å²) in [6, 6.07) is 17.6. The maximum Gasteiger partial charge on any atom is 0.292 e. The van der Waals surface area contributed by atoms with Crippen molar-refractivity contribution in [2.45, 2.75) is 6.42 Å². The Labute approximate surface area is 103 Å². The van der Waals surface area contributed by atoms with Crippen LogP contribution in [-0.4, -0.2) is 25.8 Å². The van der Waals surface area contributed by atoms with Gasteiger partial charge >= 0.3 is 0 Å². The van der Waals surface area contributed by atoms with Crippen LogP contribution in [0, 0.1) is 0 Å². The van der Waals surface area contributed by atoms with Crippen LogP contribution in [0.25, 0.3) is 0 Å². The third-order valence-corrected chi connectivity index (χ3v) is 3.60. The number of hydrogen-bond acceptors (Lipinski definition) is 1. The SMILES string of the molecule is CN(C)B1c2ccccc2Cc2ccccc21. The van der Waals surface area contributed by atoms with Gasteiger partial charge in [-0.2, -0.15) is 0 Å². The number of rotatable bonds is 1. The van der Waals surface area contributed by atoms with Crippen LogP contribution in [0.3, 0.4) is 0 Å². The van der Waals surface area contributed by atoms with E-state index in [-0.39, 0.29) is 0 Å². The van der Waals surface area contributed by atoms with E-state index in [1.165, 1.54) is 22.1 Å². The third-order valence-electron chi connectivity index (χ3n) is 3.60. The predicted molar refractivity (Wildman–Crippen MR) is 74.4 cm³/mol. The molecule has 3 rings (SSSR count). The minimum Gasteiger partial charge on any atom is -0.340 e. The quantitative estimate of drug-likeness (QED) is 0.655. The summed E-state index contributed by atoms with van der Waals surface area (Å²) in [7, 11) is 4.31. The Balaban J connectivity index is 2.21. The van der Waals surface area contributed by atoms with E-state index in [1.54, 1.807) is 0 Å². The van der Waals surface area contributed by atoms with E-state index in [2.05, 4.69) is 67.4 Å². The first-order valence-corrected chi connectivity index (χ1v) is 6.09. The van der Waals surface area contributed by atoms with Gasteiger partial charge in [-0.05, 0) is 31.6 Å². The second kappa shape index (κ2) is 4.04. The molecule has 0 saturated heterocycles. The van der Waals surface area contributed by atoms with Gasteiger partial charge in [0.15, 0.2) is 0 Å². The summed E-state index contributed by atoms with van der Waals surface area (Å²) in [5.74, 6) is 0. The molecule has 1 aliphatic heterocycles. The van der Waals surface area contributed by atoms with E-state index in [0.29, 0.717) is 6.85 Å². The zero-order valence-corrected chi connectivity index (χ0v) is 10.4. The molecular weight excluding hydrogens is 205 g/mol. The Hall–Kier alpha value is -1.54. The monoisotopic (exact) mass is 221 g/mol. The van der Waals surface area contributed by atoms with Crippen molar-refractivity contribution in [2.24, 2.45) is 0 Å². The molecule has 17 heavy (non-hydrogen) atoms. The molecular formula is C15H16BN. The fourth-order valence-corrected chi connectivity index (χ4v) is 2.85. The summed E-state index contributed by atoms with van der Waals surface area (Å²) in [5, 5.41) is 0. The molecule has 0 unspecified atom stereocenters. The summed E-state index contributed by atoms with van der Waals surface area (Å²) in [5.41, 5.74) is 5.84. The van der Waals surface area contributed by atoms with Crippen molar-refractivity contribution in [3.63, 3.8) is 0 Å². The summed E-state index contributed by atoms with van der Waals surface area (Å²) in [4.78, 5) is 2.30. The lowest BCUT2D eigenvalue weighted by Crippen LogP contribution is -2.57. The van der Waals surface area contributed by atoms with Crippen molar-refractivity contribution in [1.29, 1.82) is 0 Å². The number of hydrogen-bond donors (Lipinski definition) is 0. The predicted octanol–water partition coefficient (Wildman–Crippen LogP) is 1.26. The number of fused-ring (bicyclic) bond motifs is 2.